The normalized spacial score (nSPS) is 20.4. The second kappa shape index (κ2) is 6.51. The van der Waals surface area contributed by atoms with Crippen LogP contribution in [0.25, 0.3) is 0 Å². The van der Waals surface area contributed by atoms with Crippen LogP contribution in [0.4, 0.5) is 5.69 Å². The summed E-state index contributed by atoms with van der Waals surface area (Å²) in [6.45, 7) is 3.66. The van der Waals surface area contributed by atoms with Crippen LogP contribution in [0.1, 0.15) is 18.9 Å². The van der Waals surface area contributed by atoms with Crippen molar-refractivity contribution >= 4 is 11.6 Å². The first kappa shape index (κ1) is 14.5. The zero-order valence-electron chi connectivity index (χ0n) is 11.5. The van der Waals surface area contributed by atoms with Crippen LogP contribution in [-0.2, 0) is 4.79 Å². The molecule has 2 rings (SSSR count). The number of nitrogens with zero attached hydrogens (tertiary/aromatic N) is 2. The molecular weight excluding hydrogens is 254 g/mol. The van der Waals surface area contributed by atoms with E-state index in [0.29, 0.717) is 11.3 Å². The molecule has 1 aliphatic heterocycles. The SMILES string of the molecule is CC(C(=O)Nc1ccc(C#N)cc1)N1CCC(CO)C1. The van der Waals surface area contributed by atoms with Gasteiger partial charge in [0.2, 0.25) is 5.91 Å². The summed E-state index contributed by atoms with van der Waals surface area (Å²) < 4.78 is 0. The molecule has 5 heteroatoms. The number of carbonyl (C=O) groups excluding carboxylic acids is 1. The summed E-state index contributed by atoms with van der Waals surface area (Å²) in [6, 6.07) is 8.63. The average molecular weight is 273 g/mol. The van der Waals surface area contributed by atoms with Gasteiger partial charge in [-0.3, -0.25) is 9.69 Å². The van der Waals surface area contributed by atoms with E-state index < -0.39 is 0 Å². The van der Waals surface area contributed by atoms with E-state index in [-0.39, 0.29) is 24.5 Å². The van der Waals surface area contributed by atoms with Gasteiger partial charge in [-0.2, -0.15) is 5.26 Å². The number of rotatable bonds is 4. The third-order valence-electron chi connectivity index (χ3n) is 3.78. The standard InChI is InChI=1S/C15H19N3O2/c1-11(18-7-6-13(9-18)10-19)15(20)17-14-4-2-12(8-16)3-5-14/h2-5,11,13,19H,6-7,9-10H2,1H3,(H,17,20). The number of hydrogen-bond donors (Lipinski definition) is 2. The molecule has 0 spiro atoms. The second-order valence-electron chi connectivity index (χ2n) is 5.19. The van der Waals surface area contributed by atoms with Crippen LogP contribution in [0, 0.1) is 17.2 Å². The number of benzene rings is 1. The smallest absolute Gasteiger partial charge is 0.241 e. The lowest BCUT2D eigenvalue weighted by atomic mass is 10.1. The number of anilines is 1. The Hall–Kier alpha value is -1.90. The van der Waals surface area contributed by atoms with Crippen molar-refractivity contribution in [2.75, 3.05) is 25.0 Å². The molecular formula is C15H19N3O2. The van der Waals surface area contributed by atoms with Gasteiger partial charge in [0.25, 0.3) is 0 Å². The number of hydrogen-bond acceptors (Lipinski definition) is 4. The van der Waals surface area contributed by atoms with Crippen molar-refractivity contribution in [1.82, 2.24) is 4.90 Å². The summed E-state index contributed by atoms with van der Waals surface area (Å²) >= 11 is 0. The minimum Gasteiger partial charge on any atom is -0.396 e. The molecule has 1 aromatic rings. The Labute approximate surface area is 118 Å². The molecule has 0 bridgehead atoms. The lowest BCUT2D eigenvalue weighted by Gasteiger charge is -2.23. The highest BCUT2D eigenvalue weighted by Gasteiger charge is 2.29. The molecule has 1 fully saturated rings. The summed E-state index contributed by atoms with van der Waals surface area (Å²) in [7, 11) is 0. The first-order chi connectivity index (χ1) is 9.63. The van der Waals surface area contributed by atoms with Crippen molar-refractivity contribution in [3.05, 3.63) is 29.8 Å². The number of aliphatic hydroxyl groups is 1. The van der Waals surface area contributed by atoms with Gasteiger partial charge in [0.15, 0.2) is 0 Å². The van der Waals surface area contributed by atoms with Crippen molar-refractivity contribution in [1.29, 1.82) is 5.26 Å². The van der Waals surface area contributed by atoms with Gasteiger partial charge < -0.3 is 10.4 Å². The van der Waals surface area contributed by atoms with Gasteiger partial charge >= 0.3 is 0 Å². The van der Waals surface area contributed by atoms with E-state index >= 15 is 0 Å². The van der Waals surface area contributed by atoms with Crippen LogP contribution in [0.3, 0.4) is 0 Å². The van der Waals surface area contributed by atoms with Crippen molar-refractivity contribution in [2.45, 2.75) is 19.4 Å². The fourth-order valence-corrected chi connectivity index (χ4v) is 2.40. The summed E-state index contributed by atoms with van der Waals surface area (Å²) in [5.41, 5.74) is 1.26. The summed E-state index contributed by atoms with van der Waals surface area (Å²) in [4.78, 5) is 14.3. The number of carbonyl (C=O) groups is 1. The van der Waals surface area contributed by atoms with Gasteiger partial charge in [0, 0.05) is 18.8 Å². The van der Waals surface area contributed by atoms with Gasteiger partial charge in [0.05, 0.1) is 17.7 Å². The maximum atomic E-state index is 12.2. The first-order valence-corrected chi connectivity index (χ1v) is 6.80. The molecule has 1 heterocycles. The molecule has 106 valence electrons. The topological polar surface area (TPSA) is 76.4 Å². The third-order valence-corrected chi connectivity index (χ3v) is 3.78. The number of amides is 1. The Kier molecular flexibility index (Phi) is 4.72. The molecule has 20 heavy (non-hydrogen) atoms. The van der Waals surface area contributed by atoms with E-state index in [1.54, 1.807) is 24.3 Å². The van der Waals surface area contributed by atoms with E-state index in [4.69, 9.17) is 10.4 Å². The van der Waals surface area contributed by atoms with E-state index in [0.717, 1.165) is 19.5 Å². The molecule has 0 saturated carbocycles. The summed E-state index contributed by atoms with van der Waals surface area (Å²) in [6.07, 6.45) is 0.936. The predicted molar refractivity (Wildman–Crippen MR) is 76.0 cm³/mol. The fraction of sp³-hybridized carbons (Fsp3) is 0.467. The van der Waals surface area contributed by atoms with Crippen LogP contribution in [0.2, 0.25) is 0 Å². The van der Waals surface area contributed by atoms with Crippen molar-refractivity contribution in [3.8, 4) is 6.07 Å². The molecule has 1 aliphatic rings. The largest absolute Gasteiger partial charge is 0.396 e. The summed E-state index contributed by atoms with van der Waals surface area (Å²) in [5.74, 6) is 0.216. The average Bonchev–Trinajstić information content (AvgIpc) is 2.96. The maximum absolute atomic E-state index is 12.2. The van der Waals surface area contributed by atoms with Crippen LogP contribution in [0.15, 0.2) is 24.3 Å². The molecule has 1 amide bonds. The molecule has 5 nitrogen and oxygen atoms in total. The molecule has 1 saturated heterocycles. The molecule has 2 N–H and O–H groups in total. The Balaban J connectivity index is 1.92. The van der Waals surface area contributed by atoms with Crippen LogP contribution < -0.4 is 5.32 Å². The van der Waals surface area contributed by atoms with Crippen LogP contribution >= 0.6 is 0 Å². The van der Waals surface area contributed by atoms with Crippen LogP contribution in [0.5, 0.6) is 0 Å². The second-order valence-corrected chi connectivity index (χ2v) is 5.19. The molecule has 0 aliphatic carbocycles. The predicted octanol–water partition coefficient (Wildman–Crippen LogP) is 1.20. The molecule has 0 aromatic heterocycles. The Morgan fingerprint density at radius 3 is 2.80 bits per heavy atom. The van der Waals surface area contributed by atoms with Crippen molar-refractivity contribution in [3.63, 3.8) is 0 Å². The van der Waals surface area contributed by atoms with Gasteiger partial charge in [-0.05, 0) is 50.1 Å². The fourth-order valence-electron chi connectivity index (χ4n) is 2.40. The highest BCUT2D eigenvalue weighted by molar-refractivity contribution is 5.94. The zero-order chi connectivity index (χ0) is 14.5. The number of likely N-dealkylation sites (tertiary alicyclic amines) is 1. The lowest BCUT2D eigenvalue weighted by Crippen LogP contribution is -2.40. The molecule has 0 radical (unpaired) electrons. The maximum Gasteiger partial charge on any atom is 0.241 e. The van der Waals surface area contributed by atoms with Crippen molar-refractivity contribution in [2.24, 2.45) is 5.92 Å². The minimum absolute atomic E-state index is 0.0618. The monoisotopic (exact) mass is 273 g/mol. The van der Waals surface area contributed by atoms with Gasteiger partial charge in [0.1, 0.15) is 0 Å². The Bertz CT molecular complexity index is 507. The quantitative estimate of drug-likeness (QED) is 0.864. The molecule has 1 aromatic carbocycles. The third kappa shape index (κ3) is 3.35. The lowest BCUT2D eigenvalue weighted by molar-refractivity contribution is -0.120. The highest BCUT2D eigenvalue weighted by atomic mass is 16.3. The van der Waals surface area contributed by atoms with Crippen molar-refractivity contribution < 1.29 is 9.90 Å². The number of nitriles is 1. The first-order valence-electron chi connectivity index (χ1n) is 6.80. The number of aliphatic hydroxyl groups excluding tert-OH is 1. The Morgan fingerprint density at radius 1 is 1.55 bits per heavy atom. The molecule has 2 atom stereocenters. The van der Waals surface area contributed by atoms with E-state index in [1.165, 1.54) is 0 Å². The zero-order valence-corrected chi connectivity index (χ0v) is 11.5. The van der Waals surface area contributed by atoms with E-state index in [1.807, 2.05) is 13.0 Å². The minimum atomic E-state index is -0.220. The van der Waals surface area contributed by atoms with Gasteiger partial charge in [-0.1, -0.05) is 0 Å². The van der Waals surface area contributed by atoms with Crippen LogP contribution in [-0.4, -0.2) is 41.7 Å². The van der Waals surface area contributed by atoms with E-state index in [2.05, 4.69) is 10.2 Å². The molecule has 2 unspecified atom stereocenters. The van der Waals surface area contributed by atoms with Gasteiger partial charge in [-0.15, -0.1) is 0 Å². The summed E-state index contributed by atoms with van der Waals surface area (Å²) in [5, 5.41) is 20.7. The Morgan fingerprint density at radius 2 is 2.25 bits per heavy atom. The van der Waals surface area contributed by atoms with E-state index in [9.17, 15) is 4.79 Å². The highest BCUT2D eigenvalue weighted by Crippen LogP contribution is 2.19. The number of nitrogens with one attached hydrogen (secondary N) is 1. The van der Waals surface area contributed by atoms with Gasteiger partial charge in [-0.25, -0.2) is 0 Å².